The quantitative estimate of drug-likeness (QED) is 0.651. The van der Waals surface area contributed by atoms with Crippen LogP contribution in [-0.4, -0.2) is 19.1 Å². The Kier molecular flexibility index (Phi) is 5.08. The lowest BCUT2D eigenvalue weighted by Gasteiger charge is -2.07. The van der Waals surface area contributed by atoms with Crippen molar-refractivity contribution < 1.29 is 18.8 Å². The number of hydrogen-bond acceptors (Lipinski definition) is 3. The van der Waals surface area contributed by atoms with Crippen LogP contribution in [0.15, 0.2) is 54.6 Å². The molecule has 2 rings (SSSR count). The van der Waals surface area contributed by atoms with Gasteiger partial charge in [0, 0.05) is 5.56 Å². The Balaban J connectivity index is 1.66. The van der Waals surface area contributed by atoms with Gasteiger partial charge in [-0.3, -0.25) is 9.63 Å². The number of carbonyl (C=O) groups excluding carboxylic acids is 1. The Bertz CT molecular complexity index is 543. The van der Waals surface area contributed by atoms with E-state index in [0.29, 0.717) is 12.2 Å². The average Bonchev–Trinajstić information content (AvgIpc) is 2.48. The first kappa shape index (κ1) is 14.0. The molecule has 5 heteroatoms. The first-order chi connectivity index (χ1) is 9.75. The van der Waals surface area contributed by atoms with Crippen molar-refractivity contribution >= 4 is 5.91 Å². The second kappa shape index (κ2) is 7.25. The lowest BCUT2D eigenvalue weighted by molar-refractivity contribution is 0.0200. The normalized spacial score (nSPS) is 10.1. The molecule has 0 aliphatic heterocycles. The third-order valence-corrected chi connectivity index (χ3v) is 2.47. The summed E-state index contributed by atoms with van der Waals surface area (Å²) in [4.78, 5) is 16.6. The van der Waals surface area contributed by atoms with Gasteiger partial charge in [-0.15, -0.1) is 0 Å². The summed E-state index contributed by atoms with van der Waals surface area (Å²) in [6.07, 6.45) is 0. The molecule has 4 nitrogen and oxygen atoms in total. The molecule has 2 aromatic carbocycles. The predicted molar refractivity (Wildman–Crippen MR) is 71.8 cm³/mol. The summed E-state index contributed by atoms with van der Waals surface area (Å²) < 4.78 is 18.1. The van der Waals surface area contributed by atoms with E-state index in [9.17, 15) is 9.18 Å². The maximum atomic E-state index is 12.7. The molecule has 1 amide bonds. The van der Waals surface area contributed by atoms with Crippen molar-refractivity contribution in [3.63, 3.8) is 0 Å². The number of para-hydroxylation sites is 1. The number of ether oxygens (including phenoxy) is 1. The van der Waals surface area contributed by atoms with Gasteiger partial charge < -0.3 is 4.74 Å². The van der Waals surface area contributed by atoms with Gasteiger partial charge in [-0.2, -0.15) is 0 Å². The van der Waals surface area contributed by atoms with Crippen LogP contribution in [0.2, 0.25) is 0 Å². The minimum atomic E-state index is -0.426. The number of benzene rings is 2. The Labute approximate surface area is 116 Å². The van der Waals surface area contributed by atoms with Crippen LogP contribution in [0, 0.1) is 5.82 Å². The van der Waals surface area contributed by atoms with Gasteiger partial charge in [0.15, 0.2) is 0 Å². The Morgan fingerprint density at radius 3 is 2.40 bits per heavy atom. The third-order valence-electron chi connectivity index (χ3n) is 2.47. The standard InChI is InChI=1S/C15H14FNO3/c16-13-8-6-12(7-9-13)15(18)17-20-11-10-19-14-4-2-1-3-5-14/h1-9H,10-11H2,(H,17,18). The molecule has 0 aliphatic carbocycles. The second-order valence-corrected chi connectivity index (χ2v) is 3.95. The Morgan fingerprint density at radius 2 is 1.70 bits per heavy atom. The van der Waals surface area contributed by atoms with Crippen LogP contribution >= 0.6 is 0 Å². The summed E-state index contributed by atoms with van der Waals surface area (Å²) >= 11 is 0. The largest absolute Gasteiger partial charge is 0.491 e. The summed E-state index contributed by atoms with van der Waals surface area (Å²) in [6, 6.07) is 14.5. The van der Waals surface area contributed by atoms with Crippen LogP contribution in [0.1, 0.15) is 10.4 Å². The summed E-state index contributed by atoms with van der Waals surface area (Å²) in [5, 5.41) is 0. The van der Waals surface area contributed by atoms with Crippen molar-refractivity contribution in [3.05, 3.63) is 66.0 Å². The topological polar surface area (TPSA) is 47.6 Å². The van der Waals surface area contributed by atoms with Crippen LogP contribution in [0.25, 0.3) is 0 Å². The van der Waals surface area contributed by atoms with Gasteiger partial charge in [0.25, 0.3) is 5.91 Å². The van der Waals surface area contributed by atoms with Gasteiger partial charge in [0.1, 0.15) is 24.8 Å². The van der Waals surface area contributed by atoms with E-state index in [4.69, 9.17) is 9.57 Å². The number of amides is 1. The smallest absolute Gasteiger partial charge is 0.274 e. The lowest BCUT2D eigenvalue weighted by atomic mass is 10.2. The molecule has 0 bridgehead atoms. The van der Waals surface area contributed by atoms with Crippen molar-refractivity contribution in [2.24, 2.45) is 0 Å². The fourth-order valence-electron chi connectivity index (χ4n) is 1.49. The van der Waals surface area contributed by atoms with Crippen LogP contribution in [0.3, 0.4) is 0 Å². The Morgan fingerprint density at radius 1 is 1.00 bits per heavy atom. The molecular weight excluding hydrogens is 261 g/mol. The number of nitrogens with one attached hydrogen (secondary N) is 1. The van der Waals surface area contributed by atoms with Crippen LogP contribution in [0.4, 0.5) is 4.39 Å². The van der Waals surface area contributed by atoms with E-state index in [1.807, 2.05) is 30.3 Å². The highest BCUT2D eigenvalue weighted by atomic mass is 19.1. The molecule has 0 aromatic heterocycles. The molecule has 104 valence electrons. The average molecular weight is 275 g/mol. The molecule has 1 N–H and O–H groups in total. The van der Waals surface area contributed by atoms with Gasteiger partial charge in [-0.05, 0) is 36.4 Å². The molecular formula is C15H14FNO3. The van der Waals surface area contributed by atoms with Gasteiger partial charge in [-0.25, -0.2) is 9.87 Å². The molecule has 0 unspecified atom stereocenters. The monoisotopic (exact) mass is 275 g/mol. The molecule has 0 atom stereocenters. The molecule has 0 radical (unpaired) electrons. The van der Waals surface area contributed by atoms with E-state index in [2.05, 4.69) is 5.48 Å². The fraction of sp³-hybridized carbons (Fsp3) is 0.133. The molecule has 0 saturated carbocycles. The lowest BCUT2D eigenvalue weighted by Crippen LogP contribution is -2.26. The zero-order valence-electron chi connectivity index (χ0n) is 10.7. The third kappa shape index (κ3) is 4.37. The van der Waals surface area contributed by atoms with E-state index in [1.54, 1.807) is 0 Å². The number of hydrogen-bond donors (Lipinski definition) is 1. The van der Waals surface area contributed by atoms with E-state index < -0.39 is 11.7 Å². The fourth-order valence-corrected chi connectivity index (χ4v) is 1.49. The Hall–Kier alpha value is -2.40. The van der Waals surface area contributed by atoms with E-state index in [-0.39, 0.29) is 6.61 Å². The van der Waals surface area contributed by atoms with Crippen LogP contribution < -0.4 is 10.2 Å². The molecule has 20 heavy (non-hydrogen) atoms. The first-order valence-corrected chi connectivity index (χ1v) is 6.11. The van der Waals surface area contributed by atoms with Crippen LogP contribution in [0.5, 0.6) is 5.75 Å². The minimum absolute atomic E-state index is 0.210. The number of carbonyl (C=O) groups is 1. The van der Waals surface area contributed by atoms with Gasteiger partial charge in [0.2, 0.25) is 0 Å². The highest BCUT2D eigenvalue weighted by molar-refractivity contribution is 5.93. The molecule has 0 aliphatic rings. The molecule has 0 spiro atoms. The first-order valence-electron chi connectivity index (χ1n) is 6.11. The van der Waals surface area contributed by atoms with Crippen molar-refractivity contribution in [2.75, 3.05) is 13.2 Å². The zero-order valence-corrected chi connectivity index (χ0v) is 10.7. The second-order valence-electron chi connectivity index (χ2n) is 3.95. The molecule has 0 heterocycles. The van der Waals surface area contributed by atoms with Gasteiger partial charge in [0.05, 0.1) is 0 Å². The summed E-state index contributed by atoms with van der Waals surface area (Å²) in [7, 11) is 0. The van der Waals surface area contributed by atoms with Crippen LogP contribution in [-0.2, 0) is 4.84 Å². The summed E-state index contributed by atoms with van der Waals surface area (Å²) in [5.74, 6) is -0.0793. The summed E-state index contributed by atoms with van der Waals surface area (Å²) in [6.45, 7) is 0.523. The van der Waals surface area contributed by atoms with Crippen molar-refractivity contribution in [1.82, 2.24) is 5.48 Å². The highest BCUT2D eigenvalue weighted by Crippen LogP contribution is 2.07. The molecule has 0 saturated heterocycles. The number of halogens is 1. The van der Waals surface area contributed by atoms with E-state index in [1.165, 1.54) is 24.3 Å². The minimum Gasteiger partial charge on any atom is -0.491 e. The van der Waals surface area contributed by atoms with Crippen molar-refractivity contribution in [3.8, 4) is 5.75 Å². The number of rotatable bonds is 6. The maximum Gasteiger partial charge on any atom is 0.274 e. The number of hydroxylamine groups is 1. The highest BCUT2D eigenvalue weighted by Gasteiger charge is 2.04. The molecule has 0 fully saturated rings. The predicted octanol–water partition coefficient (Wildman–Crippen LogP) is 2.57. The van der Waals surface area contributed by atoms with Crippen molar-refractivity contribution in [2.45, 2.75) is 0 Å². The van der Waals surface area contributed by atoms with Gasteiger partial charge in [-0.1, -0.05) is 18.2 Å². The maximum absolute atomic E-state index is 12.7. The van der Waals surface area contributed by atoms with E-state index in [0.717, 1.165) is 5.75 Å². The zero-order chi connectivity index (χ0) is 14.2. The molecule has 2 aromatic rings. The SMILES string of the molecule is O=C(NOCCOc1ccccc1)c1ccc(F)cc1. The van der Waals surface area contributed by atoms with Crippen molar-refractivity contribution in [1.29, 1.82) is 0 Å². The van der Waals surface area contributed by atoms with E-state index >= 15 is 0 Å². The summed E-state index contributed by atoms with van der Waals surface area (Å²) in [5.41, 5.74) is 2.59. The van der Waals surface area contributed by atoms with Gasteiger partial charge >= 0.3 is 0 Å².